The molecule has 0 atom stereocenters. The molecule has 32 heavy (non-hydrogen) atoms. The number of fused-ring (bicyclic) bond motifs is 2. The van der Waals surface area contributed by atoms with Crippen LogP contribution in [0.4, 0.5) is 0 Å². The Labute approximate surface area is 182 Å². The number of aromatic nitrogens is 3. The number of carbonyl (C=O) groups excluding carboxylic acids is 2. The largest absolute Gasteiger partial charge is 0.494 e. The van der Waals surface area contributed by atoms with Crippen LogP contribution in [0.5, 0.6) is 5.75 Å². The molecular formula is C23H22N4O5. The second-order valence-electron chi connectivity index (χ2n) is 7.66. The lowest BCUT2D eigenvalue weighted by Gasteiger charge is -2.12. The Morgan fingerprint density at radius 3 is 2.56 bits per heavy atom. The lowest BCUT2D eigenvalue weighted by molar-refractivity contribution is -0.129. The number of carbonyl (C=O) groups is 2. The summed E-state index contributed by atoms with van der Waals surface area (Å²) in [5.74, 6) is -0.0920. The predicted molar refractivity (Wildman–Crippen MR) is 120 cm³/mol. The molecule has 1 amide bonds. The Bertz CT molecular complexity index is 1510. The van der Waals surface area contributed by atoms with Crippen LogP contribution in [0.3, 0.4) is 0 Å². The number of benzene rings is 1. The van der Waals surface area contributed by atoms with E-state index in [4.69, 9.17) is 4.74 Å². The molecule has 0 fully saturated rings. The van der Waals surface area contributed by atoms with Gasteiger partial charge in [0.1, 0.15) is 18.0 Å². The van der Waals surface area contributed by atoms with E-state index in [1.54, 1.807) is 30.7 Å². The van der Waals surface area contributed by atoms with Gasteiger partial charge in [0, 0.05) is 31.4 Å². The number of hydrogen-bond acceptors (Lipinski definition) is 5. The van der Waals surface area contributed by atoms with E-state index in [1.165, 1.54) is 31.1 Å². The van der Waals surface area contributed by atoms with Gasteiger partial charge in [0.15, 0.2) is 0 Å². The monoisotopic (exact) mass is 434 g/mol. The first-order chi connectivity index (χ1) is 15.2. The van der Waals surface area contributed by atoms with E-state index in [1.807, 2.05) is 18.2 Å². The normalized spacial score (nSPS) is 11.1. The van der Waals surface area contributed by atoms with Gasteiger partial charge in [0.05, 0.1) is 23.5 Å². The van der Waals surface area contributed by atoms with Gasteiger partial charge in [-0.25, -0.2) is 4.79 Å². The Balaban J connectivity index is 1.88. The maximum Gasteiger partial charge on any atom is 0.329 e. The van der Waals surface area contributed by atoms with Crippen molar-refractivity contribution in [2.24, 2.45) is 0 Å². The zero-order chi connectivity index (χ0) is 23.2. The zero-order valence-electron chi connectivity index (χ0n) is 18.1. The second-order valence-corrected chi connectivity index (χ2v) is 7.66. The van der Waals surface area contributed by atoms with Crippen molar-refractivity contribution in [3.05, 3.63) is 80.3 Å². The van der Waals surface area contributed by atoms with Crippen LogP contribution in [0.1, 0.15) is 21.6 Å². The minimum Gasteiger partial charge on any atom is -0.494 e. The number of ether oxygens (including phenoxy) is 1. The van der Waals surface area contributed by atoms with Gasteiger partial charge in [-0.15, -0.1) is 0 Å². The SMILES string of the molecule is COc1c(C)c(C(=O)c2ccc3[nH]c(=O)n(CC(=O)N(C)C)c(=O)c3c2)n2ccccc12. The number of rotatable bonds is 5. The summed E-state index contributed by atoms with van der Waals surface area (Å²) < 4.78 is 8.08. The number of amides is 1. The summed E-state index contributed by atoms with van der Waals surface area (Å²) in [7, 11) is 4.63. The fourth-order valence-corrected chi connectivity index (χ4v) is 3.79. The Morgan fingerprint density at radius 2 is 1.88 bits per heavy atom. The molecule has 9 heteroatoms. The zero-order valence-corrected chi connectivity index (χ0v) is 18.1. The van der Waals surface area contributed by atoms with Crippen molar-refractivity contribution < 1.29 is 14.3 Å². The van der Waals surface area contributed by atoms with Crippen LogP contribution < -0.4 is 16.0 Å². The predicted octanol–water partition coefficient (Wildman–Crippen LogP) is 1.58. The highest BCUT2D eigenvalue weighted by Gasteiger charge is 2.23. The number of pyridine rings is 1. The summed E-state index contributed by atoms with van der Waals surface area (Å²) in [4.78, 5) is 54.7. The van der Waals surface area contributed by atoms with Crippen LogP contribution in [0, 0.1) is 6.92 Å². The van der Waals surface area contributed by atoms with Gasteiger partial charge < -0.3 is 19.0 Å². The molecule has 3 heterocycles. The average Bonchev–Trinajstić information content (AvgIpc) is 3.06. The minimum absolute atomic E-state index is 0.146. The van der Waals surface area contributed by atoms with Crippen LogP contribution in [0.15, 0.2) is 52.2 Å². The molecule has 0 saturated carbocycles. The summed E-state index contributed by atoms with van der Waals surface area (Å²) in [6.45, 7) is 1.41. The van der Waals surface area contributed by atoms with E-state index >= 15 is 0 Å². The van der Waals surface area contributed by atoms with Gasteiger partial charge in [-0.05, 0) is 37.3 Å². The molecule has 0 unspecified atom stereocenters. The number of nitrogens with zero attached hydrogens (tertiary/aromatic N) is 3. The van der Waals surface area contributed by atoms with E-state index in [0.717, 1.165) is 10.1 Å². The maximum atomic E-state index is 13.5. The molecule has 164 valence electrons. The summed E-state index contributed by atoms with van der Waals surface area (Å²) >= 11 is 0. The maximum absolute atomic E-state index is 13.5. The van der Waals surface area contributed by atoms with E-state index in [2.05, 4.69) is 4.98 Å². The molecule has 1 N–H and O–H groups in total. The van der Waals surface area contributed by atoms with E-state index in [0.29, 0.717) is 22.5 Å². The van der Waals surface area contributed by atoms with Gasteiger partial charge in [0.25, 0.3) is 5.56 Å². The molecule has 0 saturated heterocycles. The molecule has 0 radical (unpaired) electrons. The van der Waals surface area contributed by atoms with Crippen molar-refractivity contribution in [3.63, 3.8) is 0 Å². The van der Waals surface area contributed by atoms with E-state index < -0.39 is 23.7 Å². The number of nitrogens with one attached hydrogen (secondary N) is 1. The number of aromatic amines is 1. The molecule has 4 rings (SSSR count). The second kappa shape index (κ2) is 7.84. The molecular weight excluding hydrogens is 412 g/mol. The van der Waals surface area contributed by atoms with Crippen molar-refractivity contribution in [3.8, 4) is 5.75 Å². The van der Waals surface area contributed by atoms with Crippen LogP contribution in [0.25, 0.3) is 16.4 Å². The standard InChI is InChI=1S/C23H22N4O5/c1-13-19(26-10-6-5-7-17(26)21(13)32-4)20(29)14-8-9-16-15(11-14)22(30)27(23(31)24-16)12-18(28)25(2)3/h5-11H,12H2,1-4H3,(H,24,31). The summed E-state index contributed by atoms with van der Waals surface area (Å²) in [5, 5.41) is 0.146. The number of hydrogen-bond donors (Lipinski definition) is 1. The molecule has 4 aromatic rings. The number of ketones is 1. The molecule has 0 aliphatic carbocycles. The fraction of sp³-hybridized carbons (Fsp3) is 0.217. The highest BCUT2D eigenvalue weighted by atomic mass is 16.5. The van der Waals surface area contributed by atoms with E-state index in [-0.39, 0.29) is 16.7 Å². The van der Waals surface area contributed by atoms with E-state index in [9.17, 15) is 19.2 Å². The molecule has 3 aromatic heterocycles. The van der Waals surface area contributed by atoms with Crippen molar-refractivity contribution in [2.75, 3.05) is 21.2 Å². The molecule has 9 nitrogen and oxygen atoms in total. The average molecular weight is 434 g/mol. The summed E-state index contributed by atoms with van der Waals surface area (Å²) in [6, 6.07) is 10.0. The highest BCUT2D eigenvalue weighted by Crippen LogP contribution is 2.31. The smallest absolute Gasteiger partial charge is 0.329 e. The molecule has 1 aromatic carbocycles. The first kappa shape index (κ1) is 21.1. The first-order valence-electron chi connectivity index (χ1n) is 9.90. The number of H-pyrrole nitrogens is 1. The third kappa shape index (κ3) is 3.27. The Kier molecular flexibility index (Phi) is 5.17. The molecule has 0 spiro atoms. The lowest BCUT2D eigenvalue weighted by atomic mass is 10.0. The number of methoxy groups -OCH3 is 1. The van der Waals surface area contributed by atoms with Crippen LogP contribution in [-0.2, 0) is 11.3 Å². The summed E-state index contributed by atoms with van der Waals surface area (Å²) in [6.07, 6.45) is 1.77. The van der Waals surface area contributed by atoms with Gasteiger partial charge in [-0.1, -0.05) is 6.07 Å². The highest BCUT2D eigenvalue weighted by molar-refractivity contribution is 6.11. The third-order valence-electron chi connectivity index (χ3n) is 5.48. The lowest BCUT2D eigenvalue weighted by Crippen LogP contribution is -2.40. The van der Waals surface area contributed by atoms with Crippen LogP contribution in [0.2, 0.25) is 0 Å². The Hall–Kier alpha value is -4.14. The summed E-state index contributed by atoms with van der Waals surface area (Å²) in [5.41, 5.74) is 1.10. The topological polar surface area (TPSA) is 106 Å². The van der Waals surface area contributed by atoms with Gasteiger partial charge in [0.2, 0.25) is 11.7 Å². The third-order valence-corrected chi connectivity index (χ3v) is 5.48. The quantitative estimate of drug-likeness (QED) is 0.480. The molecule has 0 aliphatic rings. The number of likely N-dealkylation sites (N-methyl/N-ethyl adjacent to an activating group) is 1. The molecule has 0 bridgehead atoms. The van der Waals surface area contributed by atoms with Gasteiger partial charge in [-0.2, -0.15) is 0 Å². The van der Waals surface area contributed by atoms with Gasteiger partial charge in [-0.3, -0.25) is 19.0 Å². The minimum atomic E-state index is -0.685. The van der Waals surface area contributed by atoms with Crippen molar-refractivity contribution in [1.82, 2.24) is 18.9 Å². The van der Waals surface area contributed by atoms with Crippen molar-refractivity contribution >= 4 is 28.1 Å². The fourth-order valence-electron chi connectivity index (χ4n) is 3.79. The van der Waals surface area contributed by atoms with Crippen LogP contribution >= 0.6 is 0 Å². The van der Waals surface area contributed by atoms with Crippen LogP contribution in [-0.4, -0.2) is 51.7 Å². The Morgan fingerprint density at radius 1 is 1.12 bits per heavy atom. The van der Waals surface area contributed by atoms with Gasteiger partial charge >= 0.3 is 5.69 Å². The van der Waals surface area contributed by atoms with Crippen molar-refractivity contribution in [1.29, 1.82) is 0 Å². The first-order valence-corrected chi connectivity index (χ1v) is 9.90. The molecule has 0 aliphatic heterocycles. The van der Waals surface area contributed by atoms with Crippen molar-refractivity contribution in [2.45, 2.75) is 13.5 Å².